The molecule has 2 rings (SSSR count). The van der Waals surface area contributed by atoms with E-state index in [-0.39, 0.29) is 0 Å². The first-order chi connectivity index (χ1) is 9.99. The zero-order valence-corrected chi connectivity index (χ0v) is 12.9. The normalized spacial score (nSPS) is 11.8. The van der Waals surface area contributed by atoms with Crippen molar-refractivity contribution in [3.63, 3.8) is 0 Å². The molecule has 0 aliphatic heterocycles. The second-order valence-electron chi connectivity index (χ2n) is 5.31. The molecular weight excluding hydrogens is 262 g/mol. The molecule has 0 aromatic carbocycles. The number of anilines is 1. The number of hydrogen-bond donors (Lipinski definition) is 1. The Morgan fingerprint density at radius 1 is 1.29 bits per heavy atom. The molecule has 0 fully saturated rings. The van der Waals surface area contributed by atoms with E-state index in [4.69, 9.17) is 5.84 Å². The quantitative estimate of drug-likeness (QED) is 0.690. The zero-order chi connectivity index (χ0) is 15.4. The van der Waals surface area contributed by atoms with E-state index in [1.165, 1.54) is 0 Å². The first-order valence-corrected chi connectivity index (χ1v) is 6.95. The standard InChI is InChI=1S/C16H21N5/c1-11(2)15(16-12(3)8-19-13(4)20-16)10-21(17)14-6-5-7-18-9-14/h5-11H,17H2,1-4H3/b15-10+. The summed E-state index contributed by atoms with van der Waals surface area (Å²) in [6, 6.07) is 3.78. The molecule has 2 heterocycles. The van der Waals surface area contributed by atoms with Crippen molar-refractivity contribution in [2.45, 2.75) is 27.7 Å². The van der Waals surface area contributed by atoms with Gasteiger partial charge in [-0.05, 0) is 43.0 Å². The van der Waals surface area contributed by atoms with Crippen LogP contribution in [0.5, 0.6) is 0 Å². The molecule has 0 spiro atoms. The van der Waals surface area contributed by atoms with Crippen LogP contribution >= 0.6 is 0 Å². The predicted molar refractivity (Wildman–Crippen MR) is 85.2 cm³/mol. The van der Waals surface area contributed by atoms with E-state index < -0.39 is 0 Å². The molecule has 5 nitrogen and oxygen atoms in total. The van der Waals surface area contributed by atoms with Crippen LogP contribution in [0.1, 0.15) is 30.9 Å². The summed E-state index contributed by atoms with van der Waals surface area (Å²) in [6.45, 7) is 8.15. The average Bonchev–Trinajstić information content (AvgIpc) is 2.48. The molecule has 5 heteroatoms. The summed E-state index contributed by atoms with van der Waals surface area (Å²) in [5.74, 6) is 7.18. The summed E-state index contributed by atoms with van der Waals surface area (Å²) >= 11 is 0. The van der Waals surface area contributed by atoms with Crippen LogP contribution in [0.3, 0.4) is 0 Å². The Morgan fingerprint density at radius 2 is 2.05 bits per heavy atom. The number of nitrogens with zero attached hydrogens (tertiary/aromatic N) is 4. The van der Waals surface area contributed by atoms with E-state index >= 15 is 0 Å². The average molecular weight is 283 g/mol. The van der Waals surface area contributed by atoms with Gasteiger partial charge in [0.2, 0.25) is 0 Å². The van der Waals surface area contributed by atoms with Gasteiger partial charge in [-0.25, -0.2) is 15.8 Å². The van der Waals surface area contributed by atoms with Crippen LogP contribution in [0.25, 0.3) is 5.57 Å². The Hall–Kier alpha value is -2.27. The van der Waals surface area contributed by atoms with Crippen LogP contribution in [0.4, 0.5) is 5.69 Å². The van der Waals surface area contributed by atoms with Crippen molar-refractivity contribution in [2.75, 3.05) is 5.01 Å². The number of allylic oxidation sites excluding steroid dienone is 1. The van der Waals surface area contributed by atoms with Crippen LogP contribution in [0.15, 0.2) is 36.9 Å². The summed E-state index contributed by atoms with van der Waals surface area (Å²) < 4.78 is 0. The van der Waals surface area contributed by atoms with Gasteiger partial charge in [-0.1, -0.05) is 13.8 Å². The highest BCUT2D eigenvalue weighted by atomic mass is 15.4. The van der Waals surface area contributed by atoms with Gasteiger partial charge in [0.25, 0.3) is 0 Å². The number of nitrogens with two attached hydrogens (primary N) is 1. The van der Waals surface area contributed by atoms with E-state index in [0.29, 0.717) is 5.92 Å². The van der Waals surface area contributed by atoms with E-state index in [0.717, 1.165) is 28.3 Å². The molecule has 110 valence electrons. The van der Waals surface area contributed by atoms with Crippen LogP contribution in [-0.2, 0) is 0 Å². The third kappa shape index (κ3) is 3.64. The van der Waals surface area contributed by atoms with E-state index in [9.17, 15) is 0 Å². The fourth-order valence-corrected chi connectivity index (χ4v) is 2.04. The Morgan fingerprint density at radius 3 is 2.67 bits per heavy atom. The minimum atomic E-state index is 0.292. The van der Waals surface area contributed by atoms with Crippen molar-refractivity contribution >= 4 is 11.3 Å². The first kappa shape index (κ1) is 15.1. The molecule has 0 aliphatic carbocycles. The maximum absolute atomic E-state index is 6.13. The zero-order valence-electron chi connectivity index (χ0n) is 12.9. The molecule has 0 bridgehead atoms. The molecule has 0 amide bonds. The van der Waals surface area contributed by atoms with Gasteiger partial charge < -0.3 is 0 Å². The number of pyridine rings is 1. The number of aryl methyl sites for hydroxylation is 2. The molecule has 21 heavy (non-hydrogen) atoms. The van der Waals surface area contributed by atoms with E-state index in [1.54, 1.807) is 17.4 Å². The third-order valence-corrected chi connectivity index (χ3v) is 3.21. The second-order valence-corrected chi connectivity index (χ2v) is 5.31. The second kappa shape index (κ2) is 6.45. The van der Waals surface area contributed by atoms with Crippen LogP contribution in [-0.4, -0.2) is 15.0 Å². The number of hydrazine groups is 1. The lowest BCUT2D eigenvalue weighted by molar-refractivity contribution is 0.832. The van der Waals surface area contributed by atoms with Gasteiger partial charge in [-0.3, -0.25) is 9.99 Å². The minimum absolute atomic E-state index is 0.292. The predicted octanol–water partition coefficient (Wildman–Crippen LogP) is 2.87. The van der Waals surface area contributed by atoms with Crippen molar-refractivity contribution < 1.29 is 0 Å². The molecule has 2 N–H and O–H groups in total. The lowest BCUT2D eigenvalue weighted by Crippen LogP contribution is -2.25. The monoisotopic (exact) mass is 283 g/mol. The minimum Gasteiger partial charge on any atom is -0.285 e. The number of rotatable bonds is 4. The molecular formula is C16H21N5. The molecule has 0 aliphatic rings. The van der Waals surface area contributed by atoms with E-state index in [2.05, 4.69) is 28.8 Å². The Bertz CT molecular complexity index is 634. The Kier molecular flexibility index (Phi) is 4.65. The fourth-order valence-electron chi connectivity index (χ4n) is 2.04. The summed E-state index contributed by atoms with van der Waals surface area (Å²) in [5, 5.41) is 1.58. The van der Waals surface area contributed by atoms with Gasteiger partial charge in [-0.15, -0.1) is 0 Å². The highest BCUT2D eigenvalue weighted by molar-refractivity contribution is 5.69. The van der Waals surface area contributed by atoms with Crippen LogP contribution in [0, 0.1) is 19.8 Å². The van der Waals surface area contributed by atoms with Crippen molar-refractivity contribution in [3.05, 3.63) is 54.0 Å². The number of aromatic nitrogens is 3. The van der Waals surface area contributed by atoms with Gasteiger partial charge >= 0.3 is 0 Å². The molecule has 0 radical (unpaired) electrons. The summed E-state index contributed by atoms with van der Waals surface area (Å²) in [4.78, 5) is 12.9. The molecule has 2 aromatic heterocycles. The van der Waals surface area contributed by atoms with Crippen molar-refractivity contribution in [3.8, 4) is 0 Å². The molecule has 2 aromatic rings. The SMILES string of the molecule is Cc1ncc(C)c(/C(=C/N(N)c2cccnc2)C(C)C)n1. The molecule has 0 saturated heterocycles. The van der Waals surface area contributed by atoms with Crippen molar-refractivity contribution in [1.82, 2.24) is 15.0 Å². The van der Waals surface area contributed by atoms with Gasteiger partial charge in [0.15, 0.2) is 0 Å². The Labute approximate surface area is 125 Å². The van der Waals surface area contributed by atoms with Crippen LogP contribution in [0.2, 0.25) is 0 Å². The van der Waals surface area contributed by atoms with Gasteiger partial charge in [-0.2, -0.15) is 0 Å². The molecule has 0 unspecified atom stereocenters. The fraction of sp³-hybridized carbons (Fsp3) is 0.312. The summed E-state index contributed by atoms with van der Waals surface area (Å²) in [7, 11) is 0. The smallest absolute Gasteiger partial charge is 0.125 e. The number of hydrogen-bond acceptors (Lipinski definition) is 5. The van der Waals surface area contributed by atoms with E-state index in [1.807, 2.05) is 38.4 Å². The lowest BCUT2D eigenvalue weighted by atomic mass is 9.98. The van der Waals surface area contributed by atoms with Gasteiger partial charge in [0, 0.05) is 18.6 Å². The van der Waals surface area contributed by atoms with Gasteiger partial charge in [0.1, 0.15) is 5.82 Å². The maximum atomic E-state index is 6.13. The lowest BCUT2D eigenvalue weighted by Gasteiger charge is -2.19. The summed E-state index contributed by atoms with van der Waals surface area (Å²) in [6.07, 6.45) is 7.21. The largest absolute Gasteiger partial charge is 0.285 e. The van der Waals surface area contributed by atoms with Crippen LogP contribution < -0.4 is 10.9 Å². The highest BCUT2D eigenvalue weighted by Crippen LogP contribution is 2.25. The molecule has 0 saturated carbocycles. The first-order valence-electron chi connectivity index (χ1n) is 6.95. The topological polar surface area (TPSA) is 67.9 Å². The van der Waals surface area contributed by atoms with Crippen molar-refractivity contribution in [1.29, 1.82) is 0 Å². The summed E-state index contributed by atoms with van der Waals surface area (Å²) in [5.41, 5.74) is 3.89. The molecule has 0 atom stereocenters. The third-order valence-electron chi connectivity index (χ3n) is 3.21. The Balaban J connectivity index is 2.44. The highest BCUT2D eigenvalue weighted by Gasteiger charge is 2.13. The van der Waals surface area contributed by atoms with Crippen molar-refractivity contribution in [2.24, 2.45) is 11.8 Å². The maximum Gasteiger partial charge on any atom is 0.125 e. The van der Waals surface area contributed by atoms with Gasteiger partial charge in [0.05, 0.1) is 17.6 Å².